The van der Waals surface area contributed by atoms with Crippen LogP contribution in [-0.2, 0) is 28.9 Å². The van der Waals surface area contributed by atoms with E-state index in [1.54, 1.807) is 4.90 Å². The van der Waals surface area contributed by atoms with Crippen molar-refractivity contribution in [3.8, 4) is 0 Å². The molecule has 0 aromatic carbocycles. The molecule has 0 bridgehead atoms. The minimum Gasteiger partial charge on any atom is -0.430 e. The molecule has 1 amide bonds. The number of amides is 1. The Balaban J connectivity index is 1.59. The third kappa shape index (κ3) is 2.71. The van der Waals surface area contributed by atoms with Crippen LogP contribution in [0.15, 0.2) is 15.5 Å². The molecule has 0 N–H and O–H groups in total. The summed E-state index contributed by atoms with van der Waals surface area (Å²) in [5, 5.41) is 0.860. The van der Waals surface area contributed by atoms with E-state index in [-0.39, 0.29) is 23.6 Å². The standard InChI is InChI=1S/C20H22N4O4/c1-12-13-4-2-3-5-14(13)16-17-18(28-19(16)22-12)20(26)24(11-21-17)10-15(25)23-6-8-27-9-7-23/h11H,2-10H2,1H3. The summed E-state index contributed by atoms with van der Waals surface area (Å²) >= 11 is 0. The van der Waals surface area contributed by atoms with Crippen molar-refractivity contribution in [1.82, 2.24) is 19.4 Å². The summed E-state index contributed by atoms with van der Waals surface area (Å²) in [7, 11) is 0. The van der Waals surface area contributed by atoms with Gasteiger partial charge in [0.05, 0.1) is 24.9 Å². The second-order valence-electron chi connectivity index (χ2n) is 7.49. The highest BCUT2D eigenvalue weighted by Gasteiger charge is 2.24. The maximum absolute atomic E-state index is 13.0. The summed E-state index contributed by atoms with van der Waals surface area (Å²) in [6.07, 6.45) is 5.67. The van der Waals surface area contributed by atoms with Crippen molar-refractivity contribution in [2.75, 3.05) is 26.3 Å². The molecule has 0 spiro atoms. The molecule has 3 aromatic rings. The largest absolute Gasteiger partial charge is 0.430 e. The molecule has 0 atom stereocenters. The molecular weight excluding hydrogens is 360 g/mol. The first kappa shape index (κ1) is 17.4. The van der Waals surface area contributed by atoms with Crippen LogP contribution < -0.4 is 5.56 Å². The lowest BCUT2D eigenvalue weighted by atomic mass is 9.89. The van der Waals surface area contributed by atoms with Crippen LogP contribution in [0.3, 0.4) is 0 Å². The normalized spacial score (nSPS) is 17.2. The van der Waals surface area contributed by atoms with Gasteiger partial charge in [-0.1, -0.05) is 0 Å². The zero-order valence-corrected chi connectivity index (χ0v) is 15.9. The highest BCUT2D eigenvalue weighted by atomic mass is 16.5. The van der Waals surface area contributed by atoms with Crippen LogP contribution in [0, 0.1) is 6.92 Å². The van der Waals surface area contributed by atoms with Gasteiger partial charge in [-0.05, 0) is 43.7 Å². The Morgan fingerprint density at radius 2 is 1.93 bits per heavy atom. The number of aryl methyl sites for hydroxylation is 2. The van der Waals surface area contributed by atoms with Crippen LogP contribution in [0.25, 0.3) is 22.2 Å². The first-order valence-corrected chi connectivity index (χ1v) is 9.79. The molecule has 146 valence electrons. The number of pyridine rings is 1. The van der Waals surface area contributed by atoms with E-state index in [4.69, 9.17) is 9.15 Å². The molecule has 0 unspecified atom stereocenters. The van der Waals surface area contributed by atoms with E-state index in [1.807, 2.05) is 6.92 Å². The highest BCUT2D eigenvalue weighted by Crippen LogP contribution is 2.34. The number of hydrogen-bond acceptors (Lipinski definition) is 6. The van der Waals surface area contributed by atoms with Gasteiger partial charge in [0, 0.05) is 18.8 Å². The smallest absolute Gasteiger partial charge is 0.297 e. The molecule has 1 aliphatic carbocycles. The number of aromatic nitrogens is 3. The number of carbonyl (C=O) groups is 1. The topological polar surface area (TPSA) is 90.5 Å². The van der Waals surface area contributed by atoms with Crippen molar-refractivity contribution >= 4 is 28.1 Å². The van der Waals surface area contributed by atoms with E-state index in [1.165, 1.54) is 22.0 Å². The summed E-state index contributed by atoms with van der Waals surface area (Å²) < 4.78 is 12.4. The van der Waals surface area contributed by atoms with Crippen LogP contribution in [0.5, 0.6) is 0 Å². The Kier molecular flexibility index (Phi) is 4.16. The molecule has 1 fully saturated rings. The number of rotatable bonds is 2. The molecule has 2 aliphatic rings. The summed E-state index contributed by atoms with van der Waals surface area (Å²) in [6.45, 7) is 4.08. The Hall–Kier alpha value is -2.74. The van der Waals surface area contributed by atoms with E-state index in [0.717, 1.165) is 36.8 Å². The maximum Gasteiger partial charge on any atom is 0.297 e. The minimum absolute atomic E-state index is 0.0522. The number of nitrogens with zero attached hydrogens (tertiary/aromatic N) is 4. The molecule has 3 aromatic heterocycles. The van der Waals surface area contributed by atoms with Crippen molar-refractivity contribution in [3.05, 3.63) is 33.5 Å². The third-order valence-electron chi connectivity index (χ3n) is 5.79. The van der Waals surface area contributed by atoms with Gasteiger partial charge in [0.1, 0.15) is 12.1 Å². The second kappa shape index (κ2) is 6.70. The molecule has 0 radical (unpaired) electrons. The molecule has 28 heavy (non-hydrogen) atoms. The highest BCUT2D eigenvalue weighted by molar-refractivity contribution is 6.03. The van der Waals surface area contributed by atoms with Crippen molar-refractivity contribution in [3.63, 3.8) is 0 Å². The van der Waals surface area contributed by atoms with Gasteiger partial charge in [0.2, 0.25) is 17.2 Å². The third-order valence-corrected chi connectivity index (χ3v) is 5.79. The van der Waals surface area contributed by atoms with Gasteiger partial charge >= 0.3 is 0 Å². The Labute approximate surface area is 161 Å². The summed E-state index contributed by atoms with van der Waals surface area (Å²) in [4.78, 5) is 36.3. The van der Waals surface area contributed by atoms with Crippen LogP contribution in [0.2, 0.25) is 0 Å². The zero-order valence-electron chi connectivity index (χ0n) is 15.9. The summed E-state index contributed by atoms with van der Waals surface area (Å²) in [5.41, 5.74) is 4.29. The lowest BCUT2D eigenvalue weighted by Crippen LogP contribution is -2.43. The number of carbonyl (C=O) groups excluding carboxylic acids is 1. The van der Waals surface area contributed by atoms with E-state index in [0.29, 0.717) is 37.5 Å². The number of fused-ring (bicyclic) bond motifs is 5. The molecule has 8 nitrogen and oxygen atoms in total. The fourth-order valence-corrected chi connectivity index (χ4v) is 4.31. The van der Waals surface area contributed by atoms with Crippen molar-refractivity contribution in [2.45, 2.75) is 39.2 Å². The molecule has 0 saturated carbocycles. The van der Waals surface area contributed by atoms with E-state index in [9.17, 15) is 9.59 Å². The van der Waals surface area contributed by atoms with Gasteiger partial charge < -0.3 is 14.1 Å². The van der Waals surface area contributed by atoms with Crippen LogP contribution in [-0.4, -0.2) is 51.6 Å². The molecule has 8 heteroatoms. The Morgan fingerprint density at radius 3 is 2.71 bits per heavy atom. The first-order valence-electron chi connectivity index (χ1n) is 9.79. The summed E-state index contributed by atoms with van der Waals surface area (Å²) in [5.74, 6) is -0.117. The van der Waals surface area contributed by atoms with E-state index >= 15 is 0 Å². The van der Waals surface area contributed by atoms with Crippen LogP contribution in [0.4, 0.5) is 0 Å². The van der Waals surface area contributed by atoms with Crippen LogP contribution >= 0.6 is 0 Å². The number of morpholine rings is 1. The molecule has 4 heterocycles. The first-order chi connectivity index (χ1) is 13.6. The monoisotopic (exact) mass is 382 g/mol. The Bertz CT molecular complexity index is 1140. The maximum atomic E-state index is 13.0. The van der Waals surface area contributed by atoms with Crippen molar-refractivity contribution in [1.29, 1.82) is 0 Å². The van der Waals surface area contributed by atoms with E-state index < -0.39 is 0 Å². The van der Waals surface area contributed by atoms with Gasteiger partial charge in [-0.2, -0.15) is 0 Å². The second-order valence-corrected chi connectivity index (χ2v) is 7.49. The van der Waals surface area contributed by atoms with Gasteiger partial charge in [-0.15, -0.1) is 0 Å². The molecular formula is C20H22N4O4. The SMILES string of the molecule is Cc1nc2oc3c(=O)n(CC(=O)N4CCOCC4)cnc3c2c2c1CCCC2. The molecule has 1 aliphatic heterocycles. The van der Waals surface area contributed by atoms with Gasteiger partial charge in [0.25, 0.3) is 5.56 Å². The predicted molar refractivity (Wildman–Crippen MR) is 102 cm³/mol. The number of ether oxygens (including phenoxy) is 1. The van der Waals surface area contributed by atoms with Gasteiger partial charge in [0.15, 0.2) is 0 Å². The minimum atomic E-state index is -0.341. The zero-order chi connectivity index (χ0) is 19.3. The fourth-order valence-electron chi connectivity index (χ4n) is 4.31. The van der Waals surface area contributed by atoms with Crippen molar-refractivity contribution in [2.24, 2.45) is 0 Å². The fraction of sp³-hybridized carbons (Fsp3) is 0.500. The lowest BCUT2D eigenvalue weighted by molar-refractivity contribution is -0.135. The average molecular weight is 382 g/mol. The molecule has 1 saturated heterocycles. The molecule has 5 rings (SSSR count). The lowest BCUT2D eigenvalue weighted by Gasteiger charge is -2.26. The quantitative estimate of drug-likeness (QED) is 0.668. The predicted octanol–water partition coefficient (Wildman–Crippen LogP) is 1.58. The Morgan fingerprint density at radius 1 is 1.18 bits per heavy atom. The number of furan rings is 1. The average Bonchev–Trinajstić information content (AvgIpc) is 3.10. The summed E-state index contributed by atoms with van der Waals surface area (Å²) in [6, 6.07) is 0. The van der Waals surface area contributed by atoms with Gasteiger partial charge in [-0.3, -0.25) is 14.2 Å². The van der Waals surface area contributed by atoms with Crippen LogP contribution in [0.1, 0.15) is 29.7 Å². The van der Waals surface area contributed by atoms with Gasteiger partial charge in [-0.25, -0.2) is 9.97 Å². The number of hydrogen-bond donors (Lipinski definition) is 0. The van der Waals surface area contributed by atoms with Crippen molar-refractivity contribution < 1.29 is 13.9 Å². The van der Waals surface area contributed by atoms with E-state index in [2.05, 4.69) is 9.97 Å².